The molecule has 174 valence electrons. The van der Waals surface area contributed by atoms with Crippen molar-refractivity contribution >= 4 is 52.3 Å². The molecular formula is C24H23Cl3N2O4. The van der Waals surface area contributed by atoms with Gasteiger partial charge in [-0.3, -0.25) is 4.79 Å². The van der Waals surface area contributed by atoms with Crippen LogP contribution in [0.3, 0.4) is 0 Å². The van der Waals surface area contributed by atoms with Crippen LogP contribution in [0.15, 0.2) is 42.0 Å². The highest BCUT2D eigenvalue weighted by Gasteiger charge is 2.39. The van der Waals surface area contributed by atoms with Crippen LogP contribution in [0.4, 0.5) is 0 Å². The maximum atomic E-state index is 12.1. The molecule has 2 N–H and O–H groups in total. The Morgan fingerprint density at radius 2 is 1.79 bits per heavy atom. The van der Waals surface area contributed by atoms with Gasteiger partial charge < -0.3 is 20.1 Å². The number of piperazine rings is 1. The van der Waals surface area contributed by atoms with Gasteiger partial charge in [0.05, 0.1) is 28.3 Å². The number of fused-ring (bicyclic) bond motifs is 2. The van der Waals surface area contributed by atoms with Crippen molar-refractivity contribution in [3.63, 3.8) is 0 Å². The second kappa shape index (κ2) is 9.94. The summed E-state index contributed by atoms with van der Waals surface area (Å²) in [5.74, 6) is -0.634. The van der Waals surface area contributed by atoms with Gasteiger partial charge in [0, 0.05) is 32.5 Å². The minimum Gasteiger partial charge on any atom is -0.490 e. The fourth-order valence-corrected chi connectivity index (χ4v) is 5.04. The molecule has 1 amide bonds. The number of hydrogen-bond donors (Lipinski definition) is 2. The van der Waals surface area contributed by atoms with E-state index in [1.807, 2.05) is 24.3 Å². The highest BCUT2D eigenvalue weighted by molar-refractivity contribution is 6.44. The predicted molar refractivity (Wildman–Crippen MR) is 129 cm³/mol. The molecular weight excluding hydrogens is 487 g/mol. The Morgan fingerprint density at radius 3 is 2.45 bits per heavy atom. The van der Waals surface area contributed by atoms with Crippen LogP contribution in [0.1, 0.15) is 24.5 Å². The van der Waals surface area contributed by atoms with Gasteiger partial charge in [-0.15, -0.1) is 0 Å². The molecule has 2 aromatic carbocycles. The van der Waals surface area contributed by atoms with Crippen molar-refractivity contribution in [3.8, 4) is 5.75 Å². The number of halogens is 3. The number of carbonyl (C=O) groups is 2. The summed E-state index contributed by atoms with van der Waals surface area (Å²) in [7, 11) is 0. The molecule has 33 heavy (non-hydrogen) atoms. The molecule has 1 saturated heterocycles. The highest BCUT2D eigenvalue weighted by atomic mass is 35.5. The van der Waals surface area contributed by atoms with Gasteiger partial charge in [0.1, 0.15) is 5.02 Å². The molecule has 0 spiro atoms. The van der Waals surface area contributed by atoms with Crippen LogP contribution in [0, 0.1) is 0 Å². The average Bonchev–Trinajstić information content (AvgIpc) is 2.78. The van der Waals surface area contributed by atoms with E-state index in [1.165, 1.54) is 6.92 Å². The quantitative estimate of drug-likeness (QED) is 0.552. The molecule has 2 bridgehead atoms. The van der Waals surface area contributed by atoms with Crippen LogP contribution >= 0.6 is 34.8 Å². The molecule has 2 heterocycles. The summed E-state index contributed by atoms with van der Waals surface area (Å²) in [6.45, 7) is 2.81. The average molecular weight is 510 g/mol. The zero-order valence-electron chi connectivity index (χ0n) is 17.9. The number of amides is 1. The number of nitrogens with zero attached hydrogens (tertiary/aromatic N) is 1. The Labute approximate surface area is 207 Å². The number of ether oxygens (including phenoxy) is 1. The van der Waals surface area contributed by atoms with Crippen molar-refractivity contribution in [2.45, 2.75) is 31.8 Å². The third kappa shape index (κ3) is 5.14. The fourth-order valence-electron chi connectivity index (χ4n) is 4.41. The molecule has 0 aromatic heterocycles. The van der Waals surface area contributed by atoms with Crippen molar-refractivity contribution in [1.29, 1.82) is 0 Å². The number of carboxylic acids is 1. The molecule has 0 radical (unpaired) electrons. The fraction of sp³-hybridized carbons (Fsp3) is 0.333. The molecule has 2 unspecified atom stereocenters. The van der Waals surface area contributed by atoms with E-state index < -0.39 is 5.97 Å². The lowest BCUT2D eigenvalue weighted by Gasteiger charge is -2.43. The molecule has 2 aliphatic rings. The molecule has 2 atom stereocenters. The first kappa shape index (κ1) is 23.9. The zero-order chi connectivity index (χ0) is 23.7. The lowest BCUT2D eigenvalue weighted by Crippen LogP contribution is -2.61. The van der Waals surface area contributed by atoms with Crippen molar-refractivity contribution in [3.05, 3.63) is 68.2 Å². The first-order valence-corrected chi connectivity index (χ1v) is 11.7. The smallest absolute Gasteiger partial charge is 0.333 e. The largest absolute Gasteiger partial charge is 0.490 e. The number of carboxylic acid groups (broad SMARTS) is 1. The van der Waals surface area contributed by atoms with Crippen LogP contribution in [0.5, 0.6) is 5.75 Å². The van der Waals surface area contributed by atoms with Crippen LogP contribution in [0.2, 0.25) is 15.1 Å². The Bertz CT molecular complexity index is 1120. The topological polar surface area (TPSA) is 78.9 Å². The highest BCUT2D eigenvalue weighted by Crippen LogP contribution is 2.38. The number of hydrogen-bond acceptors (Lipinski definition) is 4. The third-order valence-electron chi connectivity index (χ3n) is 6.02. The van der Waals surface area contributed by atoms with Gasteiger partial charge in [0.2, 0.25) is 5.91 Å². The number of aliphatic carboxylic acids is 1. The van der Waals surface area contributed by atoms with E-state index in [0.717, 1.165) is 16.7 Å². The molecule has 9 heteroatoms. The van der Waals surface area contributed by atoms with E-state index in [0.29, 0.717) is 53.9 Å². The van der Waals surface area contributed by atoms with Gasteiger partial charge in [0.15, 0.2) is 5.75 Å². The second-order valence-corrected chi connectivity index (χ2v) is 9.40. The van der Waals surface area contributed by atoms with Crippen LogP contribution in [-0.2, 0) is 16.0 Å². The second-order valence-electron chi connectivity index (χ2n) is 8.21. The third-order valence-corrected chi connectivity index (χ3v) is 7.11. The summed E-state index contributed by atoms with van der Waals surface area (Å²) in [6.07, 6.45) is 1.17. The number of carbonyl (C=O) groups excluding carboxylic acids is 1. The molecule has 0 aliphatic carbocycles. The molecule has 2 aliphatic heterocycles. The summed E-state index contributed by atoms with van der Waals surface area (Å²) < 4.78 is 5.75. The SMILES string of the molecule is CC(=O)N1CC2CC(c3ccc(CCOc4c(Cl)ccc(Cl)c4Cl)cc3)=C(C(=O)O)C(C1)N2. The maximum Gasteiger partial charge on any atom is 0.333 e. The van der Waals surface area contributed by atoms with E-state index in [2.05, 4.69) is 5.32 Å². The van der Waals surface area contributed by atoms with Crippen LogP contribution in [0.25, 0.3) is 5.57 Å². The lowest BCUT2D eigenvalue weighted by atomic mass is 9.83. The maximum absolute atomic E-state index is 12.1. The molecule has 1 fully saturated rings. The van der Waals surface area contributed by atoms with Crippen molar-refractivity contribution in [2.24, 2.45) is 0 Å². The lowest BCUT2D eigenvalue weighted by molar-refractivity contribution is -0.135. The predicted octanol–water partition coefficient (Wildman–Crippen LogP) is 4.70. The van der Waals surface area contributed by atoms with Gasteiger partial charge in [0.25, 0.3) is 0 Å². The Balaban J connectivity index is 1.48. The first-order chi connectivity index (χ1) is 15.7. The molecule has 6 nitrogen and oxygen atoms in total. The Morgan fingerprint density at radius 1 is 1.09 bits per heavy atom. The normalized spacial score (nSPS) is 20.1. The molecule has 2 aromatic rings. The zero-order valence-corrected chi connectivity index (χ0v) is 20.2. The van der Waals surface area contributed by atoms with E-state index in [4.69, 9.17) is 39.5 Å². The van der Waals surface area contributed by atoms with Crippen molar-refractivity contribution in [2.75, 3.05) is 19.7 Å². The summed E-state index contributed by atoms with van der Waals surface area (Å²) in [5, 5.41) is 14.3. The van der Waals surface area contributed by atoms with Gasteiger partial charge in [-0.05, 0) is 35.3 Å². The summed E-state index contributed by atoms with van der Waals surface area (Å²) >= 11 is 18.3. The van der Waals surface area contributed by atoms with E-state index >= 15 is 0 Å². The number of benzene rings is 2. The van der Waals surface area contributed by atoms with Crippen LogP contribution < -0.4 is 10.1 Å². The number of nitrogens with one attached hydrogen (secondary N) is 1. The van der Waals surface area contributed by atoms with E-state index in [-0.39, 0.29) is 23.0 Å². The molecule has 0 saturated carbocycles. The van der Waals surface area contributed by atoms with Gasteiger partial charge in [-0.2, -0.15) is 0 Å². The molecule has 4 rings (SSSR count). The summed E-state index contributed by atoms with van der Waals surface area (Å²) in [6, 6.07) is 10.7. The van der Waals surface area contributed by atoms with Crippen LogP contribution in [-0.4, -0.2) is 53.7 Å². The summed E-state index contributed by atoms with van der Waals surface area (Å²) in [4.78, 5) is 25.6. The van der Waals surface area contributed by atoms with Gasteiger partial charge in [-0.1, -0.05) is 59.1 Å². The summed E-state index contributed by atoms with van der Waals surface area (Å²) in [5.41, 5.74) is 3.06. The van der Waals surface area contributed by atoms with E-state index in [9.17, 15) is 14.7 Å². The minimum absolute atomic E-state index is 0.0334. The Kier molecular flexibility index (Phi) is 7.19. The standard InChI is InChI=1S/C24H23Cl3N2O4/c1-13(30)29-11-16-10-17(21(24(31)32)20(12-29)28-16)15-4-2-14(3-5-15)8-9-33-23-19(26)7-6-18(25)22(23)27/h2-7,16,20,28H,8-12H2,1H3,(H,31,32). The Hall–Kier alpha value is -2.25. The number of rotatable bonds is 6. The van der Waals surface area contributed by atoms with Crippen molar-refractivity contribution < 1.29 is 19.4 Å². The van der Waals surface area contributed by atoms with Gasteiger partial charge in [-0.25, -0.2) is 4.79 Å². The van der Waals surface area contributed by atoms with Crippen molar-refractivity contribution in [1.82, 2.24) is 10.2 Å². The minimum atomic E-state index is -0.959. The van der Waals surface area contributed by atoms with E-state index in [1.54, 1.807) is 17.0 Å². The monoisotopic (exact) mass is 508 g/mol. The van der Waals surface area contributed by atoms with Gasteiger partial charge >= 0.3 is 5.97 Å². The first-order valence-electron chi connectivity index (χ1n) is 10.6.